The first-order valence-corrected chi connectivity index (χ1v) is 17.8. The zero-order valence-electron chi connectivity index (χ0n) is 21.0. The first-order valence-electron chi connectivity index (χ1n) is 14.9. The Labute approximate surface area is 206 Å². The maximum Gasteiger partial charge on any atom is -0.00547 e. The minimum absolute atomic E-state index is 0.156. The van der Waals surface area contributed by atoms with E-state index in [4.69, 9.17) is 0 Å². The van der Waals surface area contributed by atoms with Crippen LogP contribution in [0.3, 0.4) is 0 Å². The van der Waals surface area contributed by atoms with Gasteiger partial charge < -0.3 is 0 Å². The number of rotatable bonds is 9. The Balaban J connectivity index is 1.41. The maximum atomic E-state index is 3.66. The van der Waals surface area contributed by atoms with E-state index in [2.05, 4.69) is 18.5 Å². The standard InChI is InChI=1S/C29H53P3/c30-28(23-11-1-2-12-23,24-13-3-4-14-24)21-32(27-19-9-10-20-27)22-29(31,25-15-5-6-16-25)26-17-7-8-18-26/h23-27H,1-22,30-31H2. The van der Waals surface area contributed by atoms with Crippen molar-refractivity contribution in [2.75, 3.05) is 12.3 Å². The maximum absolute atomic E-state index is 3.66. The average molecular weight is 495 g/mol. The van der Waals surface area contributed by atoms with Crippen LogP contribution in [0.1, 0.15) is 128 Å². The molecule has 0 radical (unpaired) electrons. The van der Waals surface area contributed by atoms with Gasteiger partial charge in [-0.15, -0.1) is 26.4 Å². The topological polar surface area (TPSA) is 0 Å². The van der Waals surface area contributed by atoms with Crippen LogP contribution in [0.4, 0.5) is 0 Å². The second-order valence-electron chi connectivity index (χ2n) is 13.0. The second kappa shape index (κ2) is 11.1. The third-order valence-electron chi connectivity index (χ3n) is 11.3. The molecule has 3 heteroatoms. The van der Waals surface area contributed by atoms with Crippen molar-refractivity contribution in [3.8, 4) is 0 Å². The summed E-state index contributed by atoms with van der Waals surface area (Å²) in [5.41, 5.74) is 1.11. The molecule has 0 nitrogen and oxygen atoms in total. The van der Waals surface area contributed by atoms with Crippen LogP contribution in [0.25, 0.3) is 0 Å². The first kappa shape index (κ1) is 25.0. The van der Waals surface area contributed by atoms with Crippen LogP contribution in [0.5, 0.6) is 0 Å². The van der Waals surface area contributed by atoms with Gasteiger partial charge in [0, 0.05) is 0 Å². The van der Waals surface area contributed by atoms with E-state index < -0.39 is 0 Å². The first-order chi connectivity index (χ1) is 15.6. The predicted molar refractivity (Wildman–Crippen MR) is 152 cm³/mol. The lowest BCUT2D eigenvalue weighted by Crippen LogP contribution is -2.45. The van der Waals surface area contributed by atoms with Gasteiger partial charge in [0.05, 0.1) is 0 Å². The summed E-state index contributed by atoms with van der Waals surface area (Å²) < 4.78 is 0. The molecule has 2 atom stereocenters. The minimum Gasteiger partial charge on any atom is -0.130 e. The van der Waals surface area contributed by atoms with Gasteiger partial charge in [0.1, 0.15) is 0 Å². The Morgan fingerprint density at radius 3 is 0.969 bits per heavy atom. The summed E-state index contributed by atoms with van der Waals surface area (Å²) in [6, 6.07) is 0. The summed E-state index contributed by atoms with van der Waals surface area (Å²) in [6.07, 6.45) is 34.0. The van der Waals surface area contributed by atoms with E-state index in [0.29, 0.717) is 10.3 Å². The zero-order valence-corrected chi connectivity index (χ0v) is 24.2. The molecule has 2 unspecified atom stereocenters. The number of hydrogen-bond donors (Lipinski definition) is 0. The molecule has 0 aliphatic heterocycles. The van der Waals surface area contributed by atoms with Gasteiger partial charge >= 0.3 is 0 Å². The highest BCUT2D eigenvalue weighted by atomic mass is 31.1. The molecule has 5 saturated carbocycles. The van der Waals surface area contributed by atoms with E-state index in [-0.39, 0.29) is 7.92 Å². The van der Waals surface area contributed by atoms with Crippen LogP contribution in [-0.2, 0) is 0 Å². The lowest BCUT2D eigenvalue weighted by atomic mass is 9.79. The SMILES string of the molecule is PC(CP(CC(P)(C1CCCC1)C1CCCC1)C1CCCC1)(C1CCCC1)C1CCCC1. The van der Waals surface area contributed by atoms with Crippen LogP contribution in [0.15, 0.2) is 0 Å². The number of hydrogen-bond acceptors (Lipinski definition) is 0. The van der Waals surface area contributed by atoms with Gasteiger partial charge in [-0.05, 0) is 116 Å². The average Bonchev–Trinajstić information content (AvgIpc) is 3.65. The summed E-state index contributed by atoms with van der Waals surface area (Å²) in [7, 11) is 7.47. The third-order valence-corrected chi connectivity index (χ3v) is 17.7. The highest BCUT2D eigenvalue weighted by molar-refractivity contribution is 7.59. The fourth-order valence-corrected chi connectivity index (χ4v) is 16.2. The lowest BCUT2D eigenvalue weighted by molar-refractivity contribution is 0.288. The largest absolute Gasteiger partial charge is 0.130 e. The van der Waals surface area contributed by atoms with Crippen molar-refractivity contribution in [3.63, 3.8) is 0 Å². The van der Waals surface area contributed by atoms with Gasteiger partial charge in [-0.3, -0.25) is 0 Å². The molecule has 0 aromatic rings. The predicted octanol–water partition coefficient (Wildman–Crippen LogP) is 9.40. The smallest absolute Gasteiger partial charge is 0.00547 e. The summed E-state index contributed by atoms with van der Waals surface area (Å²) in [5, 5.41) is 1.19. The molecular weight excluding hydrogens is 441 g/mol. The summed E-state index contributed by atoms with van der Waals surface area (Å²) in [5.74, 6) is 4.11. The minimum atomic E-state index is 0.156. The van der Waals surface area contributed by atoms with E-state index in [1.54, 1.807) is 76.5 Å². The molecule has 5 rings (SSSR count). The zero-order chi connectivity index (χ0) is 22.0. The van der Waals surface area contributed by atoms with E-state index in [1.807, 2.05) is 0 Å². The van der Waals surface area contributed by atoms with Gasteiger partial charge in [-0.25, -0.2) is 0 Å². The van der Waals surface area contributed by atoms with Crippen LogP contribution in [-0.4, -0.2) is 28.3 Å². The Morgan fingerprint density at radius 2 is 0.688 bits per heavy atom. The summed E-state index contributed by atoms with van der Waals surface area (Å²) in [6.45, 7) is 0. The fraction of sp³-hybridized carbons (Fsp3) is 1.00. The van der Waals surface area contributed by atoms with Crippen molar-refractivity contribution in [2.24, 2.45) is 23.7 Å². The Bertz CT molecular complexity index is 497. The molecule has 0 aromatic heterocycles. The Hall–Kier alpha value is 1.29. The molecule has 5 fully saturated rings. The quantitative estimate of drug-likeness (QED) is 0.280. The van der Waals surface area contributed by atoms with E-state index >= 15 is 0 Å². The van der Waals surface area contributed by atoms with Gasteiger partial charge in [-0.1, -0.05) is 64.2 Å². The molecule has 5 aliphatic carbocycles. The van der Waals surface area contributed by atoms with E-state index in [9.17, 15) is 0 Å². The van der Waals surface area contributed by atoms with Crippen LogP contribution >= 0.6 is 26.4 Å². The highest BCUT2D eigenvalue weighted by Crippen LogP contribution is 2.63. The fourth-order valence-electron chi connectivity index (χ4n) is 9.32. The molecule has 32 heavy (non-hydrogen) atoms. The van der Waals surface area contributed by atoms with E-state index in [0.717, 1.165) is 29.3 Å². The Morgan fingerprint density at radius 1 is 0.438 bits per heavy atom. The van der Waals surface area contributed by atoms with Crippen molar-refractivity contribution in [2.45, 2.75) is 144 Å². The van der Waals surface area contributed by atoms with Gasteiger partial charge in [-0.2, -0.15) is 0 Å². The molecule has 0 aromatic carbocycles. The van der Waals surface area contributed by atoms with Crippen LogP contribution in [0.2, 0.25) is 0 Å². The molecular formula is C29H53P3. The third kappa shape index (κ3) is 5.20. The monoisotopic (exact) mass is 494 g/mol. The molecule has 0 N–H and O–H groups in total. The Kier molecular flexibility index (Phi) is 8.68. The molecule has 5 aliphatic rings. The lowest BCUT2D eigenvalue weighted by Gasteiger charge is -2.49. The van der Waals surface area contributed by atoms with Crippen LogP contribution < -0.4 is 0 Å². The van der Waals surface area contributed by atoms with Gasteiger partial charge in [0.25, 0.3) is 0 Å². The highest BCUT2D eigenvalue weighted by Gasteiger charge is 2.50. The molecule has 0 bridgehead atoms. The summed E-state index contributed by atoms with van der Waals surface area (Å²) in [4.78, 5) is 0. The summed E-state index contributed by atoms with van der Waals surface area (Å²) >= 11 is 0. The molecule has 0 amide bonds. The molecule has 0 heterocycles. The van der Waals surface area contributed by atoms with Gasteiger partial charge in [0.2, 0.25) is 0 Å². The van der Waals surface area contributed by atoms with Crippen molar-refractivity contribution in [1.29, 1.82) is 0 Å². The van der Waals surface area contributed by atoms with Crippen molar-refractivity contribution < 1.29 is 0 Å². The second-order valence-corrected chi connectivity index (χ2v) is 17.7. The van der Waals surface area contributed by atoms with Gasteiger partial charge in [0.15, 0.2) is 0 Å². The van der Waals surface area contributed by atoms with Crippen molar-refractivity contribution in [3.05, 3.63) is 0 Å². The van der Waals surface area contributed by atoms with Crippen molar-refractivity contribution in [1.82, 2.24) is 0 Å². The normalized spacial score (nSPS) is 28.2. The van der Waals surface area contributed by atoms with Crippen molar-refractivity contribution >= 4 is 26.4 Å². The molecule has 0 spiro atoms. The van der Waals surface area contributed by atoms with Crippen LogP contribution in [0, 0.1) is 23.7 Å². The molecule has 184 valence electrons. The molecule has 0 saturated heterocycles. The van der Waals surface area contributed by atoms with E-state index in [1.165, 1.54) is 64.2 Å².